The van der Waals surface area contributed by atoms with Gasteiger partial charge in [0.15, 0.2) is 0 Å². The fourth-order valence-corrected chi connectivity index (χ4v) is 2.07. The Morgan fingerprint density at radius 3 is 1.58 bits per heavy atom. The van der Waals surface area contributed by atoms with Crippen molar-refractivity contribution in [1.82, 2.24) is 0 Å². The summed E-state index contributed by atoms with van der Waals surface area (Å²) in [5.74, 6) is 0.0859. The summed E-state index contributed by atoms with van der Waals surface area (Å²) in [5, 5.41) is 0. The van der Waals surface area contributed by atoms with E-state index in [1.807, 2.05) is 12.1 Å². The van der Waals surface area contributed by atoms with Gasteiger partial charge in [0.1, 0.15) is 24.7 Å². The number of hydrogen-bond acceptors (Lipinski definition) is 6. The van der Waals surface area contributed by atoms with Crippen LogP contribution < -0.4 is 9.47 Å². The first-order valence-electron chi connectivity index (χ1n) is 7.88. The van der Waals surface area contributed by atoms with Crippen molar-refractivity contribution in [1.29, 1.82) is 0 Å². The van der Waals surface area contributed by atoms with E-state index in [0.717, 1.165) is 23.3 Å². The van der Waals surface area contributed by atoms with Gasteiger partial charge in [-0.15, -0.1) is 0 Å². The van der Waals surface area contributed by atoms with E-state index in [9.17, 15) is 9.59 Å². The van der Waals surface area contributed by atoms with E-state index in [1.165, 1.54) is 0 Å². The van der Waals surface area contributed by atoms with Crippen LogP contribution in [0.15, 0.2) is 60.7 Å². The van der Waals surface area contributed by atoms with Gasteiger partial charge in [-0.05, 0) is 35.4 Å². The number of carbonyl (C=O) groups excluding carboxylic acids is 2. The van der Waals surface area contributed by atoms with Crippen molar-refractivity contribution in [2.75, 3.05) is 14.2 Å². The number of rotatable bonds is 8. The molecule has 0 saturated carbocycles. The molecular weight excluding hydrogens is 336 g/mol. The zero-order valence-electron chi connectivity index (χ0n) is 14.6. The van der Waals surface area contributed by atoms with Crippen molar-refractivity contribution >= 4 is 11.9 Å². The summed E-state index contributed by atoms with van der Waals surface area (Å²) in [6.45, 7) is 0.165. The molecule has 0 aliphatic rings. The van der Waals surface area contributed by atoms with Gasteiger partial charge < -0.3 is 18.9 Å². The van der Waals surface area contributed by atoms with Crippen molar-refractivity contribution in [2.45, 2.75) is 13.2 Å². The first-order valence-corrected chi connectivity index (χ1v) is 7.88. The molecule has 6 heteroatoms. The monoisotopic (exact) mass is 356 g/mol. The molecule has 0 unspecified atom stereocenters. The largest absolute Gasteiger partial charge is 0.497 e. The van der Waals surface area contributed by atoms with Crippen molar-refractivity contribution in [3.05, 3.63) is 71.8 Å². The molecule has 2 rings (SSSR count). The molecule has 0 heterocycles. The molecule has 0 amide bonds. The predicted molar refractivity (Wildman–Crippen MR) is 94.7 cm³/mol. The summed E-state index contributed by atoms with van der Waals surface area (Å²) in [4.78, 5) is 23.3. The van der Waals surface area contributed by atoms with Crippen LogP contribution in [0.1, 0.15) is 11.1 Å². The number of benzene rings is 2. The molecule has 0 aromatic heterocycles. The van der Waals surface area contributed by atoms with Crippen LogP contribution in [0.25, 0.3) is 0 Å². The number of methoxy groups -OCH3 is 2. The van der Waals surface area contributed by atoms with Gasteiger partial charge in [0.05, 0.1) is 14.2 Å². The van der Waals surface area contributed by atoms with E-state index in [4.69, 9.17) is 18.9 Å². The van der Waals surface area contributed by atoms with Crippen molar-refractivity contribution in [3.8, 4) is 11.5 Å². The third-order valence-electron chi connectivity index (χ3n) is 3.39. The van der Waals surface area contributed by atoms with Crippen molar-refractivity contribution in [2.24, 2.45) is 0 Å². The second kappa shape index (κ2) is 9.88. The quantitative estimate of drug-likeness (QED) is 0.535. The molecule has 2 aromatic rings. The lowest BCUT2D eigenvalue weighted by molar-refractivity contribution is -0.141. The lowest BCUT2D eigenvalue weighted by Gasteiger charge is -2.05. The maximum atomic E-state index is 11.7. The fraction of sp³-hybridized carbons (Fsp3) is 0.200. The highest BCUT2D eigenvalue weighted by Crippen LogP contribution is 2.14. The Hall–Kier alpha value is -3.28. The van der Waals surface area contributed by atoms with Crippen LogP contribution in [0, 0.1) is 0 Å². The van der Waals surface area contributed by atoms with Crippen molar-refractivity contribution in [3.63, 3.8) is 0 Å². The Balaban J connectivity index is 1.76. The van der Waals surface area contributed by atoms with Crippen molar-refractivity contribution < 1.29 is 28.5 Å². The molecule has 0 spiro atoms. The van der Waals surface area contributed by atoms with Crippen LogP contribution in [0.2, 0.25) is 0 Å². The minimum atomic E-state index is -0.633. The van der Waals surface area contributed by atoms with Crippen LogP contribution in [0.4, 0.5) is 0 Å². The average molecular weight is 356 g/mol. The summed E-state index contributed by atoms with van der Waals surface area (Å²) >= 11 is 0. The highest BCUT2D eigenvalue weighted by molar-refractivity contribution is 5.91. The maximum Gasteiger partial charge on any atom is 0.331 e. The molecule has 26 heavy (non-hydrogen) atoms. The van der Waals surface area contributed by atoms with E-state index in [0.29, 0.717) is 11.5 Å². The molecule has 0 aliphatic carbocycles. The van der Waals surface area contributed by atoms with E-state index in [-0.39, 0.29) is 13.2 Å². The Bertz CT molecular complexity index is 716. The lowest BCUT2D eigenvalue weighted by Crippen LogP contribution is -2.05. The number of esters is 2. The minimum Gasteiger partial charge on any atom is -0.497 e. The standard InChI is InChI=1S/C20H20O6/c1-23-17-7-3-5-15(11-17)13-25-19(21)9-10-20(22)26-14-16-6-4-8-18(12-16)24-2/h3-12H,13-14H2,1-2H3/b10-9+. The Labute approximate surface area is 151 Å². The topological polar surface area (TPSA) is 71.1 Å². The molecule has 136 valence electrons. The smallest absolute Gasteiger partial charge is 0.331 e. The zero-order valence-corrected chi connectivity index (χ0v) is 14.6. The minimum absolute atomic E-state index is 0.0826. The second-order valence-electron chi connectivity index (χ2n) is 5.25. The predicted octanol–water partition coefficient (Wildman–Crippen LogP) is 3.05. The van der Waals surface area contributed by atoms with Crippen LogP contribution in [0.5, 0.6) is 11.5 Å². The van der Waals surface area contributed by atoms with Crippen LogP contribution >= 0.6 is 0 Å². The molecule has 0 atom stereocenters. The molecular formula is C20H20O6. The molecule has 2 aromatic carbocycles. The highest BCUT2D eigenvalue weighted by Gasteiger charge is 2.04. The van der Waals surface area contributed by atoms with Gasteiger partial charge in [-0.2, -0.15) is 0 Å². The van der Waals surface area contributed by atoms with E-state index < -0.39 is 11.9 Å². The second-order valence-corrected chi connectivity index (χ2v) is 5.25. The van der Waals surface area contributed by atoms with E-state index >= 15 is 0 Å². The molecule has 0 aliphatic heterocycles. The first-order chi connectivity index (χ1) is 12.6. The Morgan fingerprint density at radius 2 is 1.19 bits per heavy atom. The number of hydrogen-bond donors (Lipinski definition) is 0. The van der Waals surface area contributed by atoms with Gasteiger partial charge in [0, 0.05) is 12.2 Å². The van der Waals surface area contributed by atoms with E-state index in [2.05, 4.69) is 0 Å². The third kappa shape index (κ3) is 6.32. The Kier molecular flexibility index (Phi) is 7.24. The molecule has 0 N–H and O–H groups in total. The Morgan fingerprint density at radius 1 is 0.769 bits per heavy atom. The molecule has 0 radical (unpaired) electrons. The van der Waals surface area contributed by atoms with E-state index in [1.54, 1.807) is 50.6 Å². The molecule has 0 saturated heterocycles. The molecule has 6 nitrogen and oxygen atoms in total. The van der Waals surface area contributed by atoms with Crippen LogP contribution in [-0.4, -0.2) is 26.2 Å². The van der Waals surface area contributed by atoms with Gasteiger partial charge in [-0.3, -0.25) is 0 Å². The number of ether oxygens (including phenoxy) is 4. The van der Waals surface area contributed by atoms with Gasteiger partial charge in [0.25, 0.3) is 0 Å². The number of carbonyl (C=O) groups is 2. The molecule has 0 bridgehead atoms. The third-order valence-corrected chi connectivity index (χ3v) is 3.39. The summed E-state index contributed by atoms with van der Waals surface area (Å²) in [6, 6.07) is 14.3. The average Bonchev–Trinajstić information content (AvgIpc) is 2.69. The normalized spacial score (nSPS) is 10.4. The van der Waals surface area contributed by atoms with Gasteiger partial charge >= 0.3 is 11.9 Å². The molecule has 0 fully saturated rings. The first kappa shape index (κ1) is 19.1. The summed E-state index contributed by atoms with van der Waals surface area (Å²) in [7, 11) is 3.12. The van der Waals surface area contributed by atoms with Crippen LogP contribution in [-0.2, 0) is 32.3 Å². The van der Waals surface area contributed by atoms with Gasteiger partial charge in [0.2, 0.25) is 0 Å². The maximum absolute atomic E-state index is 11.7. The SMILES string of the molecule is COc1cccc(COC(=O)/C=C/C(=O)OCc2cccc(OC)c2)c1. The fourth-order valence-electron chi connectivity index (χ4n) is 2.07. The van der Waals surface area contributed by atoms with Gasteiger partial charge in [-0.1, -0.05) is 24.3 Å². The summed E-state index contributed by atoms with van der Waals surface area (Å²) in [6.07, 6.45) is 2.07. The lowest BCUT2D eigenvalue weighted by atomic mass is 10.2. The summed E-state index contributed by atoms with van der Waals surface area (Å²) < 4.78 is 20.3. The van der Waals surface area contributed by atoms with Crippen LogP contribution in [0.3, 0.4) is 0 Å². The zero-order chi connectivity index (χ0) is 18.8. The van der Waals surface area contributed by atoms with Gasteiger partial charge in [-0.25, -0.2) is 9.59 Å². The highest BCUT2D eigenvalue weighted by atomic mass is 16.5. The summed E-state index contributed by atoms with van der Waals surface area (Å²) in [5.41, 5.74) is 1.57.